The lowest BCUT2D eigenvalue weighted by molar-refractivity contribution is -0.114. The number of hydrogen-bond donors (Lipinski definition) is 3. The molecule has 0 saturated carbocycles. The zero-order valence-corrected chi connectivity index (χ0v) is 21.8. The van der Waals surface area contributed by atoms with E-state index in [0.29, 0.717) is 12.1 Å². The van der Waals surface area contributed by atoms with E-state index in [2.05, 4.69) is 9.98 Å². The summed E-state index contributed by atoms with van der Waals surface area (Å²) in [4.78, 5) is 10.4. The zero-order chi connectivity index (χ0) is 28.4. The number of halogens is 3. The Kier molecular flexibility index (Phi) is 7.39. The summed E-state index contributed by atoms with van der Waals surface area (Å²) < 4.78 is 48.2. The van der Waals surface area contributed by atoms with E-state index in [9.17, 15) is 5.11 Å². The summed E-state index contributed by atoms with van der Waals surface area (Å²) >= 11 is 6.15. The molecule has 5 N–H and O–H groups in total. The van der Waals surface area contributed by atoms with Gasteiger partial charge in [0.15, 0.2) is 11.5 Å². The molecule has 2 heterocycles. The summed E-state index contributed by atoms with van der Waals surface area (Å²) in [5.74, 6) is -4.62. The molecule has 0 radical (unpaired) electrons. The van der Waals surface area contributed by atoms with E-state index in [0.717, 1.165) is 17.9 Å². The molecule has 0 saturated heterocycles. The number of rotatable bonds is 8. The van der Waals surface area contributed by atoms with Crippen molar-refractivity contribution in [3.8, 4) is 40.5 Å². The third-order valence-electron chi connectivity index (χ3n) is 5.89. The summed E-state index contributed by atoms with van der Waals surface area (Å²) in [5.41, 5.74) is 6.67. The van der Waals surface area contributed by atoms with Crippen LogP contribution in [0.25, 0.3) is 0 Å². The number of para-hydroxylation sites is 1. The van der Waals surface area contributed by atoms with Crippen molar-refractivity contribution < 1.29 is 33.5 Å². The molecule has 0 spiro atoms. The zero-order valence-electron chi connectivity index (χ0n) is 21.1. The first kappa shape index (κ1) is 26.7. The number of amidine groups is 2. The molecule has 0 amide bonds. The summed E-state index contributed by atoms with van der Waals surface area (Å²) in [6, 6.07) is 16.9. The molecule has 9 nitrogen and oxygen atoms in total. The number of aromatic nitrogens is 1. The minimum absolute atomic E-state index is 0.0234. The predicted molar refractivity (Wildman–Crippen MR) is 145 cm³/mol. The van der Waals surface area contributed by atoms with E-state index in [1.165, 1.54) is 30.3 Å². The molecule has 0 atom stereocenters. The Morgan fingerprint density at radius 2 is 1.73 bits per heavy atom. The van der Waals surface area contributed by atoms with Gasteiger partial charge < -0.3 is 24.2 Å². The standard InChI is InChI=1S/C28H22ClF2N5O4/c1-36-12-11-34-26(36)16-5-4-6-17(13-16)38-27-22(30)24(39-20-8-3-2-7-18(20)29)23(31)28(35-27)40-21-14-15(25(32)33)9-10-19(21)37/h2-10,13-14,37H,11-12H2,1H3,(H3,32,33)/p+1. The fourth-order valence-electron chi connectivity index (χ4n) is 3.88. The van der Waals surface area contributed by atoms with E-state index in [1.54, 1.807) is 30.3 Å². The Balaban J connectivity index is 1.58. The first-order valence-electron chi connectivity index (χ1n) is 12.0. The topological polar surface area (TPSA) is 128 Å². The van der Waals surface area contributed by atoms with Gasteiger partial charge in [0.2, 0.25) is 17.4 Å². The Bertz CT molecular complexity index is 1650. The predicted octanol–water partition coefficient (Wildman–Crippen LogP) is 4.25. The van der Waals surface area contributed by atoms with Gasteiger partial charge in [-0.3, -0.25) is 16.1 Å². The fraction of sp³-hybridized carbons (Fsp3) is 0.107. The largest absolute Gasteiger partial charge is 0.504 e. The van der Waals surface area contributed by atoms with Gasteiger partial charge in [-0.05, 0) is 36.4 Å². The Morgan fingerprint density at radius 3 is 2.42 bits per heavy atom. The van der Waals surface area contributed by atoms with E-state index in [-0.39, 0.29) is 33.9 Å². The lowest BCUT2D eigenvalue weighted by Crippen LogP contribution is -2.46. The molecule has 1 aromatic heterocycles. The minimum Gasteiger partial charge on any atom is -0.504 e. The van der Waals surface area contributed by atoms with Crippen molar-refractivity contribution in [2.24, 2.45) is 10.7 Å². The van der Waals surface area contributed by atoms with Gasteiger partial charge in [0.25, 0.3) is 17.6 Å². The number of nitrogens with two attached hydrogens (primary N) is 2. The SMILES string of the molecule is CN1CCN=C1c1cccc(Oc2nc(Oc3cc(C(N)=[NH2+])ccc3O)c(F)c(Oc3ccccc3Cl)c2F)c1. The second-order valence-electron chi connectivity index (χ2n) is 8.71. The summed E-state index contributed by atoms with van der Waals surface area (Å²) in [7, 11) is 1.91. The van der Waals surface area contributed by atoms with Crippen LogP contribution in [-0.4, -0.2) is 46.8 Å². The number of likely N-dealkylation sites (N-methyl/N-ethyl adjacent to an activating group) is 1. The maximum atomic E-state index is 15.7. The summed E-state index contributed by atoms with van der Waals surface area (Å²) in [6.45, 7) is 1.41. The molecule has 5 rings (SSSR count). The lowest BCUT2D eigenvalue weighted by atomic mass is 10.2. The average molecular weight is 567 g/mol. The highest BCUT2D eigenvalue weighted by Gasteiger charge is 2.27. The van der Waals surface area contributed by atoms with Crippen LogP contribution >= 0.6 is 11.6 Å². The number of benzene rings is 3. The smallest absolute Gasteiger partial charge is 0.270 e. The summed E-state index contributed by atoms with van der Waals surface area (Å²) in [6.07, 6.45) is 0. The van der Waals surface area contributed by atoms with Gasteiger partial charge in [0.1, 0.15) is 17.3 Å². The van der Waals surface area contributed by atoms with Gasteiger partial charge in [-0.25, -0.2) is 0 Å². The van der Waals surface area contributed by atoms with Crippen LogP contribution in [0.2, 0.25) is 5.02 Å². The van der Waals surface area contributed by atoms with Crippen LogP contribution in [0.1, 0.15) is 11.1 Å². The van der Waals surface area contributed by atoms with Gasteiger partial charge in [-0.2, -0.15) is 13.8 Å². The highest BCUT2D eigenvalue weighted by Crippen LogP contribution is 2.42. The number of phenols is 1. The summed E-state index contributed by atoms with van der Waals surface area (Å²) in [5, 5.41) is 16.0. The second kappa shape index (κ2) is 11.1. The fourth-order valence-corrected chi connectivity index (χ4v) is 4.05. The number of aromatic hydroxyl groups is 1. The molecule has 1 aliphatic rings. The van der Waals surface area contributed by atoms with Crippen LogP contribution in [0, 0.1) is 11.6 Å². The lowest BCUT2D eigenvalue weighted by Gasteiger charge is -2.16. The van der Waals surface area contributed by atoms with Crippen molar-refractivity contribution in [1.82, 2.24) is 9.88 Å². The van der Waals surface area contributed by atoms with E-state index in [4.69, 9.17) is 37.0 Å². The van der Waals surface area contributed by atoms with Crippen LogP contribution < -0.4 is 25.4 Å². The van der Waals surface area contributed by atoms with Crippen molar-refractivity contribution in [2.75, 3.05) is 20.1 Å². The van der Waals surface area contributed by atoms with Gasteiger partial charge >= 0.3 is 0 Å². The number of nitrogens with zero attached hydrogens (tertiary/aromatic N) is 3. The Hall–Kier alpha value is -4.90. The molecule has 4 aromatic rings. The highest BCUT2D eigenvalue weighted by molar-refractivity contribution is 6.32. The number of ether oxygens (including phenoxy) is 3. The van der Waals surface area contributed by atoms with Gasteiger partial charge in [-0.1, -0.05) is 35.9 Å². The number of phenolic OH excluding ortho intramolecular Hbond substituents is 1. The second-order valence-corrected chi connectivity index (χ2v) is 9.12. The molecule has 0 bridgehead atoms. The number of pyridine rings is 1. The number of aliphatic imine (C=N–C) groups is 1. The van der Waals surface area contributed by atoms with Crippen molar-refractivity contribution in [3.05, 3.63) is 94.5 Å². The van der Waals surface area contributed by atoms with Gasteiger partial charge in [-0.15, -0.1) is 0 Å². The molecule has 0 aliphatic carbocycles. The van der Waals surface area contributed by atoms with Crippen molar-refractivity contribution >= 4 is 23.3 Å². The Morgan fingerprint density at radius 1 is 0.975 bits per heavy atom. The normalized spacial score (nSPS) is 12.7. The van der Waals surface area contributed by atoms with Crippen molar-refractivity contribution in [1.29, 1.82) is 0 Å². The first-order valence-corrected chi connectivity index (χ1v) is 12.3. The van der Waals surface area contributed by atoms with Crippen LogP contribution in [0.4, 0.5) is 8.78 Å². The molecular formula is C28H23ClF2N5O4+. The van der Waals surface area contributed by atoms with Crippen LogP contribution in [0.5, 0.6) is 40.5 Å². The average Bonchev–Trinajstić information content (AvgIpc) is 3.37. The van der Waals surface area contributed by atoms with Crippen LogP contribution in [-0.2, 0) is 0 Å². The van der Waals surface area contributed by atoms with Crippen LogP contribution in [0.3, 0.4) is 0 Å². The maximum absolute atomic E-state index is 15.7. The highest BCUT2D eigenvalue weighted by atomic mass is 35.5. The third kappa shape index (κ3) is 5.45. The molecule has 204 valence electrons. The van der Waals surface area contributed by atoms with E-state index < -0.39 is 29.1 Å². The minimum atomic E-state index is -1.31. The molecule has 3 aromatic carbocycles. The number of hydrogen-bond acceptors (Lipinski definition) is 7. The first-order chi connectivity index (χ1) is 19.2. The molecule has 0 unspecified atom stereocenters. The third-order valence-corrected chi connectivity index (χ3v) is 6.20. The van der Waals surface area contributed by atoms with Crippen molar-refractivity contribution in [2.45, 2.75) is 0 Å². The van der Waals surface area contributed by atoms with Crippen LogP contribution in [0.15, 0.2) is 71.7 Å². The van der Waals surface area contributed by atoms with E-state index in [1.807, 2.05) is 18.0 Å². The van der Waals surface area contributed by atoms with Gasteiger partial charge in [0.05, 0.1) is 17.1 Å². The molecule has 1 aliphatic heterocycles. The molecule has 0 fully saturated rings. The van der Waals surface area contributed by atoms with Crippen molar-refractivity contribution in [3.63, 3.8) is 0 Å². The molecule has 40 heavy (non-hydrogen) atoms. The quantitative estimate of drug-likeness (QED) is 0.215. The van der Waals surface area contributed by atoms with E-state index >= 15 is 8.78 Å². The monoisotopic (exact) mass is 566 g/mol. The Labute approximate surface area is 232 Å². The molecule has 12 heteroatoms. The van der Waals surface area contributed by atoms with Gasteiger partial charge in [0, 0.05) is 25.2 Å². The maximum Gasteiger partial charge on any atom is 0.270 e. The molecular weight excluding hydrogens is 544 g/mol.